The van der Waals surface area contributed by atoms with Crippen molar-refractivity contribution in [1.29, 1.82) is 0 Å². The van der Waals surface area contributed by atoms with Crippen LogP contribution in [-0.2, 0) is 14.3 Å². The van der Waals surface area contributed by atoms with Gasteiger partial charge in [0.05, 0.1) is 13.0 Å². The molecule has 1 amide bonds. The van der Waals surface area contributed by atoms with Gasteiger partial charge in [-0.3, -0.25) is 9.59 Å². The molecule has 3 N–H and O–H groups in total. The number of ether oxygens (including phenoxy) is 1. The van der Waals surface area contributed by atoms with E-state index in [9.17, 15) is 9.59 Å². The van der Waals surface area contributed by atoms with Crippen molar-refractivity contribution >= 4 is 11.9 Å². The zero-order valence-electron chi connectivity index (χ0n) is 8.54. The summed E-state index contributed by atoms with van der Waals surface area (Å²) in [6.45, 7) is 3.21. The zero-order chi connectivity index (χ0) is 10.8. The van der Waals surface area contributed by atoms with Crippen molar-refractivity contribution in [2.45, 2.75) is 26.2 Å². The van der Waals surface area contributed by atoms with E-state index in [1.165, 1.54) is 0 Å². The van der Waals surface area contributed by atoms with Gasteiger partial charge in [-0.05, 0) is 19.9 Å². The highest BCUT2D eigenvalue weighted by Crippen LogP contribution is 1.92. The highest BCUT2D eigenvalue weighted by molar-refractivity contribution is 5.81. The third-order valence-electron chi connectivity index (χ3n) is 1.56. The van der Waals surface area contributed by atoms with Crippen molar-refractivity contribution in [1.82, 2.24) is 5.32 Å². The minimum atomic E-state index is -0.332. The van der Waals surface area contributed by atoms with Crippen LogP contribution in [0.3, 0.4) is 0 Å². The average molecular weight is 202 g/mol. The van der Waals surface area contributed by atoms with E-state index in [2.05, 4.69) is 10.1 Å². The summed E-state index contributed by atoms with van der Waals surface area (Å²) < 4.78 is 4.68. The van der Waals surface area contributed by atoms with Crippen LogP contribution in [0.1, 0.15) is 26.2 Å². The molecule has 5 heteroatoms. The molecule has 0 aromatic carbocycles. The molecule has 5 nitrogen and oxygen atoms in total. The summed E-state index contributed by atoms with van der Waals surface area (Å²) in [6.07, 6.45) is 1.08. The van der Waals surface area contributed by atoms with E-state index < -0.39 is 0 Å². The molecule has 0 atom stereocenters. The maximum atomic E-state index is 11.1. The quantitative estimate of drug-likeness (QED) is 0.442. The van der Waals surface area contributed by atoms with Crippen LogP contribution in [0.25, 0.3) is 0 Å². The molecule has 0 unspecified atom stereocenters. The summed E-state index contributed by atoms with van der Waals surface area (Å²) in [5.74, 6) is -0.465. The van der Waals surface area contributed by atoms with Crippen LogP contribution >= 0.6 is 0 Å². The molecule has 0 spiro atoms. The molecule has 0 aromatic rings. The molecule has 0 bridgehead atoms. The smallest absolute Gasteiger partial charge is 0.306 e. The average Bonchev–Trinajstić information content (AvgIpc) is 2.16. The van der Waals surface area contributed by atoms with Crippen LogP contribution in [0.5, 0.6) is 0 Å². The summed E-state index contributed by atoms with van der Waals surface area (Å²) in [5, 5.41) is 2.65. The molecular formula is C9H18N2O3. The molecule has 82 valence electrons. The summed E-state index contributed by atoms with van der Waals surface area (Å²) in [5.41, 5.74) is 5.25. The van der Waals surface area contributed by atoms with Crippen molar-refractivity contribution in [3.05, 3.63) is 0 Å². The lowest BCUT2D eigenvalue weighted by atomic mass is 10.3. The minimum absolute atomic E-state index is 0.133. The lowest BCUT2D eigenvalue weighted by molar-refractivity contribution is -0.144. The molecule has 0 aliphatic carbocycles. The number of amides is 1. The molecule has 0 fully saturated rings. The summed E-state index contributed by atoms with van der Waals surface area (Å²) in [6, 6.07) is 0. The third-order valence-corrected chi connectivity index (χ3v) is 1.56. The Morgan fingerprint density at radius 3 is 2.64 bits per heavy atom. The van der Waals surface area contributed by atoms with Gasteiger partial charge in [-0.15, -0.1) is 0 Å². The summed E-state index contributed by atoms with van der Waals surface area (Å²) >= 11 is 0. The van der Waals surface area contributed by atoms with Gasteiger partial charge < -0.3 is 15.8 Å². The SMILES string of the molecule is CCOC(=O)CCC(=O)NCCCN. The number of carbonyl (C=O) groups excluding carboxylic acids is 2. The molecule has 0 radical (unpaired) electrons. The normalized spacial score (nSPS) is 9.57. The maximum absolute atomic E-state index is 11.1. The molecule has 0 saturated heterocycles. The first kappa shape index (κ1) is 12.9. The predicted molar refractivity (Wildman–Crippen MR) is 52.5 cm³/mol. The van der Waals surface area contributed by atoms with E-state index >= 15 is 0 Å². The van der Waals surface area contributed by atoms with Gasteiger partial charge in [0.2, 0.25) is 5.91 Å². The highest BCUT2D eigenvalue weighted by atomic mass is 16.5. The van der Waals surface area contributed by atoms with E-state index in [-0.39, 0.29) is 24.7 Å². The third kappa shape index (κ3) is 7.54. The summed E-state index contributed by atoms with van der Waals surface area (Å²) in [7, 11) is 0. The van der Waals surface area contributed by atoms with Crippen LogP contribution in [0.2, 0.25) is 0 Å². The maximum Gasteiger partial charge on any atom is 0.306 e. The number of nitrogens with one attached hydrogen (secondary N) is 1. The second-order valence-corrected chi connectivity index (χ2v) is 2.80. The van der Waals surface area contributed by atoms with Gasteiger partial charge in [0.15, 0.2) is 0 Å². The Bertz CT molecular complexity index is 183. The van der Waals surface area contributed by atoms with Gasteiger partial charge >= 0.3 is 5.97 Å². The first-order valence-corrected chi connectivity index (χ1v) is 4.83. The number of hydrogen-bond donors (Lipinski definition) is 2. The van der Waals surface area contributed by atoms with E-state index in [0.29, 0.717) is 19.7 Å². The monoisotopic (exact) mass is 202 g/mol. The van der Waals surface area contributed by atoms with Gasteiger partial charge in [0.25, 0.3) is 0 Å². The minimum Gasteiger partial charge on any atom is -0.466 e. The first-order chi connectivity index (χ1) is 6.70. The number of rotatable bonds is 7. The van der Waals surface area contributed by atoms with Crippen LogP contribution < -0.4 is 11.1 Å². The fourth-order valence-electron chi connectivity index (χ4n) is 0.867. The van der Waals surface area contributed by atoms with E-state index in [1.807, 2.05) is 0 Å². The van der Waals surface area contributed by atoms with E-state index in [0.717, 1.165) is 6.42 Å². The first-order valence-electron chi connectivity index (χ1n) is 4.83. The Morgan fingerprint density at radius 2 is 2.07 bits per heavy atom. The van der Waals surface area contributed by atoms with Gasteiger partial charge in [-0.25, -0.2) is 0 Å². The molecule has 0 saturated carbocycles. The Labute approximate surface area is 84.0 Å². The highest BCUT2D eigenvalue weighted by Gasteiger charge is 2.06. The fraction of sp³-hybridized carbons (Fsp3) is 0.778. The van der Waals surface area contributed by atoms with E-state index in [1.54, 1.807) is 6.92 Å². The molecular weight excluding hydrogens is 184 g/mol. The van der Waals surface area contributed by atoms with Crippen molar-refractivity contribution in [3.8, 4) is 0 Å². The van der Waals surface area contributed by atoms with Crippen LogP contribution in [0.4, 0.5) is 0 Å². The number of hydrogen-bond acceptors (Lipinski definition) is 4. The Morgan fingerprint density at radius 1 is 1.36 bits per heavy atom. The van der Waals surface area contributed by atoms with Gasteiger partial charge in [-0.1, -0.05) is 0 Å². The van der Waals surface area contributed by atoms with Gasteiger partial charge in [-0.2, -0.15) is 0 Å². The number of esters is 1. The molecule has 0 heterocycles. The van der Waals surface area contributed by atoms with Crippen molar-refractivity contribution in [2.24, 2.45) is 5.73 Å². The molecule has 14 heavy (non-hydrogen) atoms. The fourth-order valence-corrected chi connectivity index (χ4v) is 0.867. The Kier molecular flexibility index (Phi) is 7.83. The van der Waals surface area contributed by atoms with Crippen molar-refractivity contribution < 1.29 is 14.3 Å². The van der Waals surface area contributed by atoms with Crippen LogP contribution in [-0.4, -0.2) is 31.6 Å². The molecule has 0 aliphatic heterocycles. The molecule has 0 rings (SSSR count). The second kappa shape index (κ2) is 8.50. The van der Waals surface area contributed by atoms with Crippen LogP contribution in [0, 0.1) is 0 Å². The van der Waals surface area contributed by atoms with Crippen molar-refractivity contribution in [2.75, 3.05) is 19.7 Å². The predicted octanol–water partition coefficient (Wildman–Crippen LogP) is -0.205. The second-order valence-electron chi connectivity index (χ2n) is 2.80. The number of carbonyl (C=O) groups is 2. The Hall–Kier alpha value is -1.10. The topological polar surface area (TPSA) is 81.4 Å². The van der Waals surface area contributed by atoms with Crippen molar-refractivity contribution in [3.63, 3.8) is 0 Å². The van der Waals surface area contributed by atoms with E-state index in [4.69, 9.17) is 5.73 Å². The molecule has 0 aliphatic rings. The molecule has 0 aromatic heterocycles. The van der Waals surface area contributed by atoms with Gasteiger partial charge in [0, 0.05) is 13.0 Å². The Balaban J connectivity index is 3.39. The number of nitrogens with two attached hydrogens (primary N) is 1. The lowest BCUT2D eigenvalue weighted by Crippen LogP contribution is -2.26. The van der Waals surface area contributed by atoms with Crippen LogP contribution in [0.15, 0.2) is 0 Å². The summed E-state index contributed by atoms with van der Waals surface area (Å²) in [4.78, 5) is 21.9. The standard InChI is InChI=1S/C9H18N2O3/c1-2-14-9(13)5-4-8(12)11-7-3-6-10/h2-7,10H2,1H3,(H,11,12). The van der Waals surface area contributed by atoms with Gasteiger partial charge in [0.1, 0.15) is 0 Å². The zero-order valence-corrected chi connectivity index (χ0v) is 8.54. The largest absolute Gasteiger partial charge is 0.466 e. The lowest BCUT2D eigenvalue weighted by Gasteiger charge is -2.03.